The Kier molecular flexibility index (Phi) is 3.68. The SMILES string of the molecule is CCN(CC(=O)OC)Cc1nnnn1C1CC1. The molecule has 94 valence electrons. The molecule has 7 nitrogen and oxygen atoms in total. The van der Waals surface area contributed by atoms with Gasteiger partial charge in [-0.3, -0.25) is 9.69 Å². The summed E-state index contributed by atoms with van der Waals surface area (Å²) in [4.78, 5) is 13.2. The smallest absolute Gasteiger partial charge is 0.319 e. The van der Waals surface area contributed by atoms with E-state index in [2.05, 4.69) is 20.3 Å². The second-order valence-corrected chi connectivity index (χ2v) is 4.15. The van der Waals surface area contributed by atoms with Gasteiger partial charge in [0.05, 0.1) is 26.2 Å². The lowest BCUT2D eigenvalue weighted by Crippen LogP contribution is -2.31. The van der Waals surface area contributed by atoms with Gasteiger partial charge in [0.25, 0.3) is 0 Å². The van der Waals surface area contributed by atoms with Gasteiger partial charge in [-0.1, -0.05) is 6.92 Å². The van der Waals surface area contributed by atoms with E-state index >= 15 is 0 Å². The van der Waals surface area contributed by atoms with Crippen LogP contribution in [0.1, 0.15) is 31.6 Å². The van der Waals surface area contributed by atoms with E-state index in [0.717, 1.165) is 25.2 Å². The zero-order valence-electron chi connectivity index (χ0n) is 10.2. The van der Waals surface area contributed by atoms with Crippen molar-refractivity contribution in [2.45, 2.75) is 32.4 Å². The second kappa shape index (κ2) is 5.22. The molecule has 0 saturated heterocycles. The summed E-state index contributed by atoms with van der Waals surface area (Å²) in [6, 6.07) is 0.455. The van der Waals surface area contributed by atoms with Crippen molar-refractivity contribution < 1.29 is 9.53 Å². The van der Waals surface area contributed by atoms with Gasteiger partial charge in [0, 0.05) is 0 Å². The summed E-state index contributed by atoms with van der Waals surface area (Å²) >= 11 is 0. The van der Waals surface area contributed by atoms with Crippen LogP contribution in [0.15, 0.2) is 0 Å². The van der Waals surface area contributed by atoms with E-state index in [1.54, 1.807) is 0 Å². The highest BCUT2D eigenvalue weighted by Crippen LogP contribution is 2.34. The van der Waals surface area contributed by atoms with Crippen LogP contribution in [0.5, 0.6) is 0 Å². The average Bonchev–Trinajstić information content (AvgIpc) is 3.09. The first-order chi connectivity index (χ1) is 8.24. The van der Waals surface area contributed by atoms with Crippen LogP contribution in [0.4, 0.5) is 0 Å². The fourth-order valence-corrected chi connectivity index (χ4v) is 1.65. The minimum Gasteiger partial charge on any atom is -0.468 e. The molecule has 1 aliphatic carbocycles. The number of hydrogen-bond donors (Lipinski definition) is 0. The van der Waals surface area contributed by atoms with Crippen LogP contribution in [0.25, 0.3) is 0 Å². The summed E-state index contributed by atoms with van der Waals surface area (Å²) < 4.78 is 6.51. The molecular weight excluding hydrogens is 222 g/mol. The monoisotopic (exact) mass is 239 g/mol. The molecule has 2 rings (SSSR count). The number of carbonyl (C=O) groups is 1. The minimum absolute atomic E-state index is 0.239. The van der Waals surface area contributed by atoms with Crippen LogP contribution in [0.3, 0.4) is 0 Å². The molecule has 1 saturated carbocycles. The predicted octanol–water partition coefficient (Wildman–Crippen LogP) is 0.00290. The number of methoxy groups -OCH3 is 1. The van der Waals surface area contributed by atoms with Crippen LogP contribution < -0.4 is 0 Å². The van der Waals surface area contributed by atoms with Crippen molar-refractivity contribution in [3.05, 3.63) is 5.82 Å². The van der Waals surface area contributed by atoms with E-state index in [4.69, 9.17) is 0 Å². The van der Waals surface area contributed by atoms with Gasteiger partial charge in [0.1, 0.15) is 0 Å². The number of esters is 1. The molecule has 1 heterocycles. The molecular formula is C10H17N5O2. The van der Waals surface area contributed by atoms with E-state index in [0.29, 0.717) is 12.6 Å². The van der Waals surface area contributed by atoms with E-state index < -0.39 is 0 Å². The molecule has 0 aromatic carbocycles. The number of aromatic nitrogens is 4. The maximum Gasteiger partial charge on any atom is 0.319 e. The number of likely N-dealkylation sites (N-methyl/N-ethyl adjacent to an activating group) is 1. The summed E-state index contributed by atoms with van der Waals surface area (Å²) in [6.07, 6.45) is 2.28. The highest BCUT2D eigenvalue weighted by Gasteiger charge is 2.28. The van der Waals surface area contributed by atoms with E-state index in [9.17, 15) is 4.79 Å². The van der Waals surface area contributed by atoms with Gasteiger partial charge in [0.15, 0.2) is 5.82 Å². The Labute approximate surface area is 99.7 Å². The molecule has 17 heavy (non-hydrogen) atoms. The molecule has 1 aliphatic rings. The summed E-state index contributed by atoms with van der Waals surface area (Å²) in [5, 5.41) is 11.7. The highest BCUT2D eigenvalue weighted by molar-refractivity contribution is 5.71. The molecule has 0 amide bonds. The summed E-state index contributed by atoms with van der Waals surface area (Å²) in [7, 11) is 1.39. The highest BCUT2D eigenvalue weighted by atomic mass is 16.5. The quantitative estimate of drug-likeness (QED) is 0.651. The number of tetrazole rings is 1. The van der Waals surface area contributed by atoms with Crippen molar-refractivity contribution in [2.75, 3.05) is 20.2 Å². The molecule has 1 aromatic heterocycles. The molecule has 0 radical (unpaired) electrons. The first-order valence-corrected chi connectivity index (χ1v) is 5.80. The molecule has 0 unspecified atom stereocenters. The minimum atomic E-state index is -0.239. The molecule has 0 bridgehead atoms. The molecule has 1 aromatic rings. The van der Waals surface area contributed by atoms with Crippen molar-refractivity contribution >= 4 is 5.97 Å². The summed E-state index contributed by atoms with van der Waals surface area (Å²) in [5.41, 5.74) is 0. The zero-order valence-corrected chi connectivity index (χ0v) is 10.2. The lowest BCUT2D eigenvalue weighted by molar-refractivity contribution is -0.142. The second-order valence-electron chi connectivity index (χ2n) is 4.15. The number of carbonyl (C=O) groups excluding carboxylic acids is 1. The number of hydrogen-bond acceptors (Lipinski definition) is 6. The van der Waals surface area contributed by atoms with E-state index in [1.807, 2.05) is 16.5 Å². The maximum atomic E-state index is 11.2. The van der Waals surface area contributed by atoms with Crippen LogP contribution in [-0.2, 0) is 16.1 Å². The van der Waals surface area contributed by atoms with Gasteiger partial charge >= 0.3 is 5.97 Å². The third kappa shape index (κ3) is 3.00. The van der Waals surface area contributed by atoms with Crippen molar-refractivity contribution in [2.24, 2.45) is 0 Å². The Morgan fingerprint density at radius 2 is 2.35 bits per heavy atom. The van der Waals surface area contributed by atoms with Gasteiger partial charge in [-0.2, -0.15) is 0 Å². The van der Waals surface area contributed by atoms with Gasteiger partial charge in [-0.05, 0) is 29.8 Å². The lowest BCUT2D eigenvalue weighted by atomic mass is 10.4. The Balaban J connectivity index is 1.97. The molecule has 0 N–H and O–H groups in total. The number of nitrogens with zero attached hydrogens (tertiary/aromatic N) is 5. The van der Waals surface area contributed by atoms with Gasteiger partial charge in [-0.25, -0.2) is 4.68 Å². The standard InChI is InChI=1S/C10H17N5O2/c1-3-14(7-10(16)17-2)6-9-11-12-13-15(9)8-4-5-8/h8H,3-7H2,1-2H3. The van der Waals surface area contributed by atoms with Crippen LogP contribution >= 0.6 is 0 Å². The Morgan fingerprint density at radius 1 is 1.59 bits per heavy atom. The normalized spacial score (nSPS) is 15.2. The first-order valence-electron chi connectivity index (χ1n) is 5.80. The maximum absolute atomic E-state index is 11.2. The van der Waals surface area contributed by atoms with Gasteiger partial charge in [-0.15, -0.1) is 5.10 Å². The molecule has 0 atom stereocenters. The third-order valence-corrected chi connectivity index (χ3v) is 2.85. The van der Waals surface area contributed by atoms with E-state index in [-0.39, 0.29) is 12.5 Å². The largest absolute Gasteiger partial charge is 0.468 e. The van der Waals surface area contributed by atoms with Crippen molar-refractivity contribution in [3.8, 4) is 0 Å². The topological polar surface area (TPSA) is 73.1 Å². The lowest BCUT2D eigenvalue weighted by Gasteiger charge is -2.17. The van der Waals surface area contributed by atoms with Crippen LogP contribution in [-0.4, -0.2) is 51.3 Å². The van der Waals surface area contributed by atoms with Crippen molar-refractivity contribution in [3.63, 3.8) is 0 Å². The number of rotatable bonds is 6. The Morgan fingerprint density at radius 3 is 2.94 bits per heavy atom. The predicted molar refractivity (Wildman–Crippen MR) is 59.1 cm³/mol. The van der Waals surface area contributed by atoms with Gasteiger partial charge in [0.2, 0.25) is 0 Å². The molecule has 7 heteroatoms. The van der Waals surface area contributed by atoms with E-state index in [1.165, 1.54) is 7.11 Å². The fraction of sp³-hybridized carbons (Fsp3) is 0.800. The van der Waals surface area contributed by atoms with Crippen molar-refractivity contribution in [1.82, 2.24) is 25.1 Å². The van der Waals surface area contributed by atoms with Gasteiger partial charge < -0.3 is 4.74 Å². The first kappa shape index (κ1) is 12.0. The molecule has 0 aliphatic heterocycles. The summed E-state index contributed by atoms with van der Waals surface area (Å²) in [6.45, 7) is 3.60. The van der Waals surface area contributed by atoms with Crippen LogP contribution in [0, 0.1) is 0 Å². The fourth-order valence-electron chi connectivity index (χ4n) is 1.65. The Hall–Kier alpha value is -1.50. The van der Waals surface area contributed by atoms with Crippen molar-refractivity contribution in [1.29, 1.82) is 0 Å². The zero-order chi connectivity index (χ0) is 12.3. The average molecular weight is 239 g/mol. The molecule has 1 fully saturated rings. The number of ether oxygens (including phenoxy) is 1. The molecule has 0 spiro atoms. The van der Waals surface area contributed by atoms with Crippen LogP contribution in [0.2, 0.25) is 0 Å². The Bertz CT molecular complexity index is 388. The third-order valence-electron chi connectivity index (χ3n) is 2.85. The summed E-state index contributed by atoms with van der Waals surface area (Å²) in [5.74, 6) is 0.579.